The van der Waals surface area contributed by atoms with Crippen molar-refractivity contribution in [3.05, 3.63) is 17.9 Å². The maximum absolute atomic E-state index is 5.57. The lowest BCUT2D eigenvalue weighted by Gasteiger charge is -1.97. The second kappa shape index (κ2) is 8.63. The molecule has 0 bridgehead atoms. The summed E-state index contributed by atoms with van der Waals surface area (Å²) in [6.45, 7) is 7.00. The third-order valence-corrected chi connectivity index (χ3v) is 1.72. The van der Waals surface area contributed by atoms with Crippen molar-refractivity contribution in [2.75, 3.05) is 6.54 Å². The molecule has 1 atom stereocenters. The fraction of sp³-hybridized carbons (Fsp3) is 0.615. The molecule has 1 heteroatoms. The molecule has 0 saturated carbocycles. The van der Waals surface area contributed by atoms with E-state index < -0.39 is 0 Å². The van der Waals surface area contributed by atoms with Gasteiger partial charge in [-0.3, -0.25) is 0 Å². The second-order valence-corrected chi connectivity index (χ2v) is 3.68. The normalized spacial score (nSPS) is 11.2. The summed E-state index contributed by atoms with van der Waals surface area (Å²) in [5, 5.41) is 0. The minimum atomic E-state index is 0.165. The number of hydrogen-bond donors (Lipinski definition) is 1. The monoisotopic (exact) mass is 191 g/mol. The Hall–Kier alpha value is -0.960. The van der Waals surface area contributed by atoms with Crippen LogP contribution in [-0.4, -0.2) is 6.54 Å². The zero-order chi connectivity index (χ0) is 10.8. The van der Waals surface area contributed by atoms with Gasteiger partial charge in [0.05, 0.1) is 5.92 Å². The van der Waals surface area contributed by atoms with Crippen molar-refractivity contribution in [2.24, 2.45) is 17.6 Å². The Bertz CT molecular complexity index is 246. The molecule has 0 rings (SSSR count). The van der Waals surface area contributed by atoms with Crippen molar-refractivity contribution in [3.63, 3.8) is 0 Å². The molecule has 0 saturated heterocycles. The van der Waals surface area contributed by atoms with Gasteiger partial charge in [-0.15, -0.1) is 11.7 Å². The first-order valence-corrected chi connectivity index (χ1v) is 5.30. The minimum absolute atomic E-state index is 0.165. The van der Waals surface area contributed by atoms with Gasteiger partial charge in [-0.2, -0.15) is 0 Å². The third-order valence-electron chi connectivity index (χ3n) is 1.72. The van der Waals surface area contributed by atoms with Crippen molar-refractivity contribution in [1.82, 2.24) is 0 Å². The fourth-order valence-electron chi connectivity index (χ4n) is 0.890. The molecule has 0 aromatic rings. The maximum Gasteiger partial charge on any atom is 0.0578 e. The van der Waals surface area contributed by atoms with Gasteiger partial charge in [0.25, 0.3) is 0 Å². The van der Waals surface area contributed by atoms with Crippen LogP contribution in [0.25, 0.3) is 0 Å². The van der Waals surface area contributed by atoms with E-state index >= 15 is 0 Å². The Morgan fingerprint density at radius 2 is 2.07 bits per heavy atom. The number of rotatable bonds is 4. The highest BCUT2D eigenvalue weighted by atomic mass is 14.5. The Kier molecular flexibility index (Phi) is 8.04. The van der Waals surface area contributed by atoms with E-state index in [4.69, 9.17) is 5.73 Å². The minimum Gasteiger partial charge on any atom is -0.329 e. The molecule has 0 amide bonds. The van der Waals surface area contributed by atoms with Gasteiger partial charge in [0.2, 0.25) is 0 Å². The molecule has 0 aliphatic rings. The second-order valence-electron chi connectivity index (χ2n) is 3.68. The van der Waals surface area contributed by atoms with Gasteiger partial charge in [-0.25, -0.2) is 0 Å². The third kappa shape index (κ3) is 7.68. The van der Waals surface area contributed by atoms with E-state index in [1.54, 1.807) is 0 Å². The van der Waals surface area contributed by atoms with E-state index in [1.807, 2.05) is 13.0 Å². The molecule has 1 unspecified atom stereocenters. The molecule has 0 aromatic carbocycles. The Labute approximate surface area is 88.1 Å². The van der Waals surface area contributed by atoms with E-state index in [0.717, 1.165) is 12.8 Å². The molecular weight excluding hydrogens is 170 g/mol. The molecule has 2 N–H and O–H groups in total. The van der Waals surface area contributed by atoms with E-state index in [-0.39, 0.29) is 5.92 Å². The largest absolute Gasteiger partial charge is 0.329 e. The number of nitrogens with two attached hydrogens (primary N) is 1. The summed E-state index contributed by atoms with van der Waals surface area (Å²) in [6.07, 6.45) is 5.97. The van der Waals surface area contributed by atoms with Crippen molar-refractivity contribution in [1.29, 1.82) is 0 Å². The van der Waals surface area contributed by atoms with Crippen LogP contribution in [-0.2, 0) is 0 Å². The van der Waals surface area contributed by atoms with E-state index in [1.165, 1.54) is 0 Å². The zero-order valence-corrected chi connectivity index (χ0v) is 9.51. The summed E-state index contributed by atoms with van der Waals surface area (Å²) in [7, 11) is 0. The summed E-state index contributed by atoms with van der Waals surface area (Å²) < 4.78 is 0. The van der Waals surface area contributed by atoms with E-state index in [2.05, 4.69) is 37.5 Å². The first-order chi connectivity index (χ1) is 6.70. The van der Waals surface area contributed by atoms with Crippen molar-refractivity contribution in [3.8, 4) is 11.8 Å². The van der Waals surface area contributed by atoms with Crippen LogP contribution in [0, 0.1) is 23.7 Å². The molecule has 14 heavy (non-hydrogen) atoms. The van der Waals surface area contributed by atoms with Crippen LogP contribution in [0.2, 0.25) is 0 Å². The molecule has 0 spiro atoms. The van der Waals surface area contributed by atoms with Crippen LogP contribution < -0.4 is 5.73 Å². The van der Waals surface area contributed by atoms with Gasteiger partial charge in [0.15, 0.2) is 0 Å². The smallest absolute Gasteiger partial charge is 0.0578 e. The van der Waals surface area contributed by atoms with Gasteiger partial charge in [0, 0.05) is 13.0 Å². The molecule has 0 radical (unpaired) electrons. The molecule has 0 aliphatic carbocycles. The van der Waals surface area contributed by atoms with Crippen molar-refractivity contribution in [2.45, 2.75) is 33.6 Å². The Balaban J connectivity index is 4.09. The lowest BCUT2D eigenvalue weighted by Crippen LogP contribution is -2.09. The Morgan fingerprint density at radius 1 is 1.36 bits per heavy atom. The van der Waals surface area contributed by atoms with Gasteiger partial charge in [0.1, 0.15) is 0 Å². The topological polar surface area (TPSA) is 26.0 Å². The van der Waals surface area contributed by atoms with Gasteiger partial charge in [-0.1, -0.05) is 26.7 Å². The zero-order valence-electron chi connectivity index (χ0n) is 9.51. The standard InChI is InChI=1S/C13H21N/c1-4-5-9-13(11-14)10-7-6-8-12(2)3/h6,10,12-13H,4,8,11,14H2,1-3H3. The fourth-order valence-corrected chi connectivity index (χ4v) is 0.890. The molecule has 0 aromatic heterocycles. The van der Waals surface area contributed by atoms with Crippen LogP contribution >= 0.6 is 0 Å². The van der Waals surface area contributed by atoms with Gasteiger partial charge < -0.3 is 5.73 Å². The molecule has 78 valence electrons. The lowest BCUT2D eigenvalue weighted by molar-refractivity contribution is 0.664. The van der Waals surface area contributed by atoms with Crippen LogP contribution in [0.4, 0.5) is 0 Å². The predicted molar refractivity (Wildman–Crippen MR) is 62.7 cm³/mol. The maximum atomic E-state index is 5.57. The highest BCUT2D eigenvalue weighted by Crippen LogP contribution is 1.99. The van der Waals surface area contributed by atoms with Gasteiger partial charge in [-0.05, 0) is 24.5 Å². The quantitative estimate of drug-likeness (QED) is 0.536. The molecule has 1 nitrogen and oxygen atoms in total. The Morgan fingerprint density at radius 3 is 2.57 bits per heavy atom. The van der Waals surface area contributed by atoms with Crippen LogP contribution in [0.1, 0.15) is 33.6 Å². The van der Waals surface area contributed by atoms with Crippen molar-refractivity contribution < 1.29 is 0 Å². The molecule has 0 fully saturated rings. The van der Waals surface area contributed by atoms with Crippen LogP contribution in [0.5, 0.6) is 0 Å². The van der Waals surface area contributed by atoms with E-state index in [9.17, 15) is 0 Å². The summed E-state index contributed by atoms with van der Waals surface area (Å²) in [6, 6.07) is 0. The predicted octanol–water partition coefficient (Wildman–Crippen LogP) is 2.73. The average molecular weight is 191 g/mol. The summed E-state index contributed by atoms with van der Waals surface area (Å²) in [5.74, 6) is 6.98. The van der Waals surface area contributed by atoms with Crippen LogP contribution in [0.15, 0.2) is 17.9 Å². The molecule has 0 aliphatic heterocycles. The molecular formula is C13H21N. The van der Waals surface area contributed by atoms with E-state index in [0.29, 0.717) is 12.5 Å². The van der Waals surface area contributed by atoms with Gasteiger partial charge >= 0.3 is 0 Å². The highest BCUT2D eigenvalue weighted by molar-refractivity contribution is 5.11. The first kappa shape index (κ1) is 13.0. The SMILES string of the molecule is CCC#CC(C=C=CCC(C)C)CN. The number of hydrogen-bond acceptors (Lipinski definition) is 1. The van der Waals surface area contributed by atoms with Crippen LogP contribution in [0.3, 0.4) is 0 Å². The lowest BCUT2D eigenvalue weighted by atomic mass is 10.1. The summed E-state index contributed by atoms with van der Waals surface area (Å²) in [5.41, 5.74) is 8.71. The average Bonchev–Trinajstić information content (AvgIpc) is 2.16. The summed E-state index contributed by atoms with van der Waals surface area (Å²) in [4.78, 5) is 0. The first-order valence-electron chi connectivity index (χ1n) is 5.30. The molecule has 0 heterocycles. The highest BCUT2D eigenvalue weighted by Gasteiger charge is 1.93. The van der Waals surface area contributed by atoms with Crippen molar-refractivity contribution >= 4 is 0 Å². The summed E-state index contributed by atoms with van der Waals surface area (Å²) >= 11 is 0.